The molecule has 0 unspecified atom stereocenters. The van der Waals surface area contributed by atoms with Gasteiger partial charge in [-0.25, -0.2) is 4.98 Å². The van der Waals surface area contributed by atoms with Crippen molar-refractivity contribution in [2.24, 2.45) is 0 Å². The highest BCUT2D eigenvalue weighted by atomic mass is 16.5. The van der Waals surface area contributed by atoms with Crippen molar-refractivity contribution < 1.29 is 4.74 Å². The molecule has 118 valence electrons. The van der Waals surface area contributed by atoms with Crippen LogP contribution in [-0.2, 0) is 13.0 Å². The maximum Gasteiger partial charge on any atom is 0.218 e. The molecule has 2 rings (SSSR count). The Morgan fingerprint density at radius 2 is 2.09 bits per heavy atom. The van der Waals surface area contributed by atoms with Crippen molar-refractivity contribution in [1.29, 1.82) is 0 Å². The van der Waals surface area contributed by atoms with Crippen LogP contribution in [0.3, 0.4) is 0 Å². The first-order valence-corrected chi connectivity index (χ1v) is 7.95. The first-order valence-electron chi connectivity index (χ1n) is 7.95. The molecule has 0 spiro atoms. The number of hydrogen-bond donors (Lipinski definition) is 1. The van der Waals surface area contributed by atoms with E-state index < -0.39 is 0 Å². The molecule has 0 radical (unpaired) electrons. The maximum absolute atomic E-state index is 5.72. The topological polar surface area (TPSA) is 59.9 Å². The number of anilines is 1. The first kappa shape index (κ1) is 16.2. The second-order valence-electron chi connectivity index (χ2n) is 5.17. The summed E-state index contributed by atoms with van der Waals surface area (Å²) >= 11 is 0. The summed E-state index contributed by atoms with van der Waals surface area (Å²) in [7, 11) is 0. The molecule has 0 saturated carbocycles. The fourth-order valence-corrected chi connectivity index (χ4v) is 1.99. The Morgan fingerprint density at radius 3 is 2.82 bits per heavy atom. The Labute approximate surface area is 132 Å². The highest BCUT2D eigenvalue weighted by Gasteiger charge is 2.05. The van der Waals surface area contributed by atoms with Gasteiger partial charge in [-0.05, 0) is 24.5 Å². The maximum atomic E-state index is 5.72. The molecule has 0 atom stereocenters. The third-order valence-corrected chi connectivity index (χ3v) is 3.17. The molecule has 0 aliphatic rings. The summed E-state index contributed by atoms with van der Waals surface area (Å²) in [6, 6.07) is 5.83. The molecule has 5 heteroatoms. The van der Waals surface area contributed by atoms with Crippen molar-refractivity contribution in [2.75, 3.05) is 11.9 Å². The predicted octanol–water partition coefficient (Wildman–Crippen LogP) is 3.62. The second kappa shape index (κ2) is 8.97. The van der Waals surface area contributed by atoms with Crippen molar-refractivity contribution in [3.8, 4) is 5.88 Å². The number of aromatic nitrogens is 3. The van der Waals surface area contributed by atoms with E-state index in [1.165, 1.54) is 0 Å². The van der Waals surface area contributed by atoms with E-state index in [-0.39, 0.29) is 0 Å². The van der Waals surface area contributed by atoms with E-state index in [2.05, 4.69) is 34.1 Å². The van der Waals surface area contributed by atoms with Crippen LogP contribution in [-0.4, -0.2) is 21.6 Å². The third-order valence-electron chi connectivity index (χ3n) is 3.17. The lowest BCUT2D eigenvalue weighted by atomic mass is 10.3. The molecule has 22 heavy (non-hydrogen) atoms. The minimum absolute atomic E-state index is 0.653. The molecular formula is C17H24N4O. The van der Waals surface area contributed by atoms with Gasteiger partial charge >= 0.3 is 0 Å². The molecule has 0 fully saturated rings. The van der Waals surface area contributed by atoms with Gasteiger partial charge in [0.25, 0.3) is 0 Å². The lowest BCUT2D eigenvalue weighted by molar-refractivity contribution is 0.296. The molecule has 1 N–H and O–H groups in total. The highest BCUT2D eigenvalue weighted by molar-refractivity contribution is 5.39. The van der Waals surface area contributed by atoms with Gasteiger partial charge in [-0.2, -0.15) is 4.98 Å². The average Bonchev–Trinajstić information content (AvgIpc) is 2.54. The fourth-order valence-electron chi connectivity index (χ4n) is 1.99. The largest absolute Gasteiger partial charge is 0.478 e. The number of rotatable bonds is 9. The van der Waals surface area contributed by atoms with E-state index >= 15 is 0 Å². The van der Waals surface area contributed by atoms with Crippen molar-refractivity contribution in [3.63, 3.8) is 0 Å². The smallest absolute Gasteiger partial charge is 0.218 e. The van der Waals surface area contributed by atoms with Crippen LogP contribution in [0.4, 0.5) is 5.82 Å². The Bertz CT molecular complexity index is 560. The Kier molecular flexibility index (Phi) is 6.61. The zero-order valence-electron chi connectivity index (χ0n) is 13.4. The number of nitrogens with zero attached hydrogens (tertiary/aromatic N) is 3. The van der Waals surface area contributed by atoms with E-state index in [4.69, 9.17) is 4.74 Å². The molecule has 2 aromatic heterocycles. The number of ether oxygens (including phenoxy) is 1. The van der Waals surface area contributed by atoms with Crippen LogP contribution in [0.1, 0.15) is 44.5 Å². The van der Waals surface area contributed by atoms with Gasteiger partial charge in [0.1, 0.15) is 11.6 Å². The van der Waals surface area contributed by atoms with Crippen molar-refractivity contribution >= 4 is 5.82 Å². The van der Waals surface area contributed by atoms with Crippen LogP contribution in [0.25, 0.3) is 0 Å². The molecule has 0 saturated heterocycles. The molecule has 2 heterocycles. The average molecular weight is 300 g/mol. The van der Waals surface area contributed by atoms with Crippen LogP contribution in [0.5, 0.6) is 5.88 Å². The predicted molar refractivity (Wildman–Crippen MR) is 88.0 cm³/mol. The minimum atomic E-state index is 0.653. The lowest BCUT2D eigenvalue weighted by Crippen LogP contribution is -2.07. The molecular weight excluding hydrogens is 276 g/mol. The second-order valence-corrected chi connectivity index (χ2v) is 5.17. The third kappa shape index (κ3) is 5.31. The molecule has 5 nitrogen and oxygen atoms in total. The molecule has 0 aliphatic heterocycles. The standard InChI is InChI=1S/C17H24N4O/c1-3-5-10-22-17-11-16(20-15(21-17)7-4-2)19-13-14-8-6-9-18-12-14/h6,8-9,11-12H,3-5,7,10,13H2,1-2H3,(H,19,20,21). The number of unbranched alkanes of at least 4 members (excludes halogenated alkanes) is 1. The van der Waals surface area contributed by atoms with Gasteiger partial charge in [0.2, 0.25) is 5.88 Å². The van der Waals surface area contributed by atoms with E-state index in [9.17, 15) is 0 Å². The van der Waals surface area contributed by atoms with Crippen molar-refractivity contribution in [3.05, 3.63) is 42.0 Å². The lowest BCUT2D eigenvalue weighted by Gasteiger charge is -2.10. The van der Waals surface area contributed by atoms with E-state index in [0.29, 0.717) is 19.0 Å². The van der Waals surface area contributed by atoms with Crippen LogP contribution < -0.4 is 10.1 Å². The minimum Gasteiger partial charge on any atom is -0.478 e. The van der Waals surface area contributed by atoms with E-state index in [0.717, 1.165) is 42.9 Å². The normalized spacial score (nSPS) is 10.5. The van der Waals surface area contributed by atoms with Gasteiger partial charge in [-0.1, -0.05) is 26.3 Å². The molecule has 2 aromatic rings. The van der Waals surface area contributed by atoms with Gasteiger partial charge in [-0.15, -0.1) is 0 Å². The number of nitrogens with one attached hydrogen (secondary N) is 1. The van der Waals surface area contributed by atoms with Gasteiger partial charge in [0.15, 0.2) is 0 Å². The number of aryl methyl sites for hydroxylation is 1. The monoisotopic (exact) mass is 300 g/mol. The number of pyridine rings is 1. The van der Waals surface area contributed by atoms with Crippen molar-refractivity contribution in [2.45, 2.75) is 46.1 Å². The van der Waals surface area contributed by atoms with Gasteiger partial charge in [0, 0.05) is 31.4 Å². The highest BCUT2D eigenvalue weighted by Crippen LogP contribution is 2.16. The summed E-state index contributed by atoms with van der Waals surface area (Å²) in [5.41, 5.74) is 1.12. The van der Waals surface area contributed by atoms with E-state index in [1.54, 1.807) is 6.20 Å². The summed E-state index contributed by atoms with van der Waals surface area (Å²) in [6.45, 7) is 5.65. The Hall–Kier alpha value is -2.17. The summed E-state index contributed by atoms with van der Waals surface area (Å²) < 4.78 is 5.72. The quantitative estimate of drug-likeness (QED) is 0.717. The molecule has 0 aliphatic carbocycles. The van der Waals surface area contributed by atoms with E-state index in [1.807, 2.05) is 24.4 Å². The molecule has 0 bridgehead atoms. The fraction of sp³-hybridized carbons (Fsp3) is 0.471. The molecule has 0 aromatic carbocycles. The van der Waals surface area contributed by atoms with Gasteiger partial charge in [-0.3, -0.25) is 4.98 Å². The summed E-state index contributed by atoms with van der Waals surface area (Å²) in [5.74, 6) is 2.28. The molecule has 0 amide bonds. The van der Waals surface area contributed by atoms with Crippen LogP contribution in [0.2, 0.25) is 0 Å². The zero-order chi connectivity index (χ0) is 15.6. The SMILES string of the molecule is CCCCOc1cc(NCc2cccnc2)nc(CCC)n1. The summed E-state index contributed by atoms with van der Waals surface area (Å²) in [6.07, 6.45) is 7.63. The Morgan fingerprint density at radius 1 is 1.18 bits per heavy atom. The Balaban J connectivity index is 2.04. The summed E-state index contributed by atoms with van der Waals surface area (Å²) in [4.78, 5) is 13.1. The zero-order valence-corrected chi connectivity index (χ0v) is 13.4. The van der Waals surface area contributed by atoms with Crippen molar-refractivity contribution in [1.82, 2.24) is 15.0 Å². The van der Waals surface area contributed by atoms with Gasteiger partial charge < -0.3 is 10.1 Å². The van der Waals surface area contributed by atoms with Gasteiger partial charge in [0.05, 0.1) is 6.61 Å². The van der Waals surface area contributed by atoms with Crippen LogP contribution in [0, 0.1) is 0 Å². The number of hydrogen-bond acceptors (Lipinski definition) is 5. The van der Waals surface area contributed by atoms with Crippen LogP contribution in [0.15, 0.2) is 30.6 Å². The summed E-state index contributed by atoms with van der Waals surface area (Å²) in [5, 5.41) is 3.32. The first-order chi connectivity index (χ1) is 10.8. The van der Waals surface area contributed by atoms with Crippen LogP contribution >= 0.6 is 0 Å².